The molecule has 140 valence electrons. The molecule has 2 aliphatic rings. The van der Waals surface area contributed by atoms with E-state index in [1.807, 2.05) is 24.3 Å². The minimum absolute atomic E-state index is 0.0315. The van der Waals surface area contributed by atoms with Crippen molar-refractivity contribution in [2.24, 2.45) is 0 Å². The second-order valence-corrected chi connectivity index (χ2v) is 7.80. The van der Waals surface area contributed by atoms with Gasteiger partial charge in [0.1, 0.15) is 12.4 Å². The van der Waals surface area contributed by atoms with E-state index in [4.69, 9.17) is 0 Å². The number of halogens is 2. The largest absolute Gasteiger partial charge is 0.394 e. The molecule has 0 unspecified atom stereocenters. The summed E-state index contributed by atoms with van der Waals surface area (Å²) in [6.45, 7) is 0.240. The Morgan fingerprint density at radius 2 is 1.81 bits per heavy atom. The summed E-state index contributed by atoms with van der Waals surface area (Å²) in [5, 5.41) is 9.79. The average molecular weight is 433 g/mol. The molecular formula is C20H18BrFN2O3. The maximum absolute atomic E-state index is 13.1. The summed E-state index contributed by atoms with van der Waals surface area (Å²) in [5.74, 6) is -0.900. The Morgan fingerprint density at radius 1 is 1.15 bits per heavy atom. The summed E-state index contributed by atoms with van der Waals surface area (Å²) in [5.41, 5.74) is 1.39. The van der Waals surface area contributed by atoms with Gasteiger partial charge in [0.15, 0.2) is 0 Å². The van der Waals surface area contributed by atoms with Crippen molar-refractivity contribution in [2.45, 2.75) is 18.0 Å². The fourth-order valence-corrected chi connectivity index (χ4v) is 4.38. The molecule has 1 N–H and O–H groups in total. The fourth-order valence-electron chi connectivity index (χ4n) is 4.11. The van der Waals surface area contributed by atoms with Gasteiger partial charge in [-0.05, 0) is 42.0 Å². The zero-order valence-corrected chi connectivity index (χ0v) is 16.0. The molecule has 2 fully saturated rings. The predicted molar refractivity (Wildman–Crippen MR) is 101 cm³/mol. The van der Waals surface area contributed by atoms with Gasteiger partial charge in [-0.2, -0.15) is 0 Å². The van der Waals surface area contributed by atoms with E-state index < -0.39 is 5.82 Å². The molecule has 0 radical (unpaired) electrons. The highest BCUT2D eigenvalue weighted by atomic mass is 79.9. The Balaban J connectivity index is 1.58. The van der Waals surface area contributed by atoms with Crippen molar-refractivity contribution in [1.82, 2.24) is 9.80 Å². The second-order valence-electron chi connectivity index (χ2n) is 6.89. The van der Waals surface area contributed by atoms with Gasteiger partial charge in [-0.1, -0.05) is 28.1 Å². The van der Waals surface area contributed by atoms with E-state index in [1.54, 1.807) is 4.90 Å². The first-order valence-electron chi connectivity index (χ1n) is 8.72. The number of hydrogen-bond acceptors (Lipinski definition) is 3. The molecule has 5 nitrogen and oxygen atoms in total. The molecule has 0 aliphatic carbocycles. The van der Waals surface area contributed by atoms with Crippen LogP contribution >= 0.6 is 15.9 Å². The molecule has 0 spiro atoms. The van der Waals surface area contributed by atoms with Crippen LogP contribution in [0, 0.1) is 5.82 Å². The molecule has 2 aromatic carbocycles. The summed E-state index contributed by atoms with van der Waals surface area (Å²) < 4.78 is 14.1. The minimum atomic E-state index is -0.410. The third kappa shape index (κ3) is 3.15. The van der Waals surface area contributed by atoms with E-state index in [2.05, 4.69) is 15.9 Å². The standard InChI is InChI=1S/C20H18BrFN2O3/c21-14-5-1-12(2-6-14)19-16-9-23(10-18(26)24(16)17(19)11-25)20(27)13-3-7-15(22)8-4-13/h1-8,16-17,19,25H,9-11H2/t16-,17-,19-/m0/s1. The maximum atomic E-state index is 13.1. The van der Waals surface area contributed by atoms with Crippen molar-refractivity contribution >= 4 is 27.7 Å². The number of carbonyl (C=O) groups excluding carboxylic acids is 2. The number of nitrogens with zero attached hydrogens (tertiary/aromatic N) is 2. The molecule has 2 heterocycles. The Kier molecular flexibility index (Phi) is 4.74. The smallest absolute Gasteiger partial charge is 0.254 e. The van der Waals surface area contributed by atoms with Crippen molar-refractivity contribution in [3.8, 4) is 0 Å². The second kappa shape index (κ2) is 7.05. The molecule has 0 bridgehead atoms. The molecule has 7 heteroatoms. The van der Waals surface area contributed by atoms with E-state index in [-0.39, 0.29) is 43.0 Å². The van der Waals surface area contributed by atoms with Crippen LogP contribution in [0.25, 0.3) is 0 Å². The normalized spacial score (nSPS) is 24.4. The van der Waals surface area contributed by atoms with E-state index in [1.165, 1.54) is 29.2 Å². The lowest BCUT2D eigenvalue weighted by molar-refractivity contribution is -0.159. The Labute approximate surface area is 164 Å². The van der Waals surface area contributed by atoms with Crippen LogP contribution in [0.4, 0.5) is 4.39 Å². The zero-order valence-electron chi connectivity index (χ0n) is 14.4. The van der Waals surface area contributed by atoms with Crippen molar-refractivity contribution < 1.29 is 19.1 Å². The fraction of sp³-hybridized carbons (Fsp3) is 0.300. The monoisotopic (exact) mass is 432 g/mol. The molecule has 27 heavy (non-hydrogen) atoms. The molecular weight excluding hydrogens is 415 g/mol. The molecule has 4 rings (SSSR count). The summed E-state index contributed by atoms with van der Waals surface area (Å²) >= 11 is 3.41. The zero-order chi connectivity index (χ0) is 19.1. The number of aliphatic hydroxyl groups is 1. The van der Waals surface area contributed by atoms with Crippen LogP contribution in [-0.4, -0.2) is 58.5 Å². The first kappa shape index (κ1) is 18.1. The number of hydrogen-bond donors (Lipinski definition) is 1. The SMILES string of the molecule is O=C(c1ccc(F)cc1)N1CC(=O)N2[C@@H](CO)[C@@H](c3ccc(Br)cc3)[C@@H]2C1. The summed E-state index contributed by atoms with van der Waals surface area (Å²) in [6, 6.07) is 12.7. The van der Waals surface area contributed by atoms with Crippen LogP contribution in [0.5, 0.6) is 0 Å². The number of benzene rings is 2. The maximum Gasteiger partial charge on any atom is 0.254 e. The van der Waals surface area contributed by atoms with E-state index in [0.29, 0.717) is 12.1 Å². The number of carbonyl (C=O) groups is 2. The average Bonchev–Trinajstić information content (AvgIpc) is 2.65. The van der Waals surface area contributed by atoms with E-state index >= 15 is 0 Å². The predicted octanol–water partition coefficient (Wildman–Crippen LogP) is 2.40. The molecule has 2 saturated heterocycles. The van der Waals surface area contributed by atoms with Gasteiger partial charge in [0.25, 0.3) is 5.91 Å². The highest BCUT2D eigenvalue weighted by molar-refractivity contribution is 9.10. The topological polar surface area (TPSA) is 60.9 Å². The number of aliphatic hydroxyl groups excluding tert-OH is 1. The van der Waals surface area contributed by atoms with E-state index in [0.717, 1.165) is 10.0 Å². The molecule has 3 atom stereocenters. The summed E-state index contributed by atoms with van der Waals surface area (Å²) in [6.07, 6.45) is 0. The van der Waals surface area contributed by atoms with Crippen LogP contribution in [0.2, 0.25) is 0 Å². The molecule has 2 aromatic rings. The van der Waals surface area contributed by atoms with Crippen molar-refractivity contribution in [3.05, 3.63) is 69.9 Å². The lowest BCUT2D eigenvalue weighted by Gasteiger charge is -2.58. The highest BCUT2D eigenvalue weighted by Crippen LogP contribution is 2.43. The lowest BCUT2D eigenvalue weighted by atomic mass is 9.73. The van der Waals surface area contributed by atoms with Gasteiger partial charge in [0.2, 0.25) is 5.91 Å². The Hall–Kier alpha value is -2.25. The first-order valence-corrected chi connectivity index (χ1v) is 9.51. The van der Waals surface area contributed by atoms with Crippen LogP contribution in [0.3, 0.4) is 0 Å². The number of piperazine rings is 1. The summed E-state index contributed by atoms with van der Waals surface area (Å²) in [7, 11) is 0. The molecule has 2 aliphatic heterocycles. The quantitative estimate of drug-likeness (QED) is 0.809. The third-order valence-electron chi connectivity index (χ3n) is 5.39. The third-order valence-corrected chi connectivity index (χ3v) is 5.91. The molecule has 0 aromatic heterocycles. The molecule has 0 saturated carbocycles. The van der Waals surface area contributed by atoms with Gasteiger partial charge in [-0.15, -0.1) is 0 Å². The number of amides is 2. The van der Waals surface area contributed by atoms with Crippen LogP contribution in [0.15, 0.2) is 53.0 Å². The number of fused-ring (bicyclic) bond motifs is 1. The highest BCUT2D eigenvalue weighted by Gasteiger charge is 2.54. The van der Waals surface area contributed by atoms with Crippen molar-refractivity contribution in [2.75, 3.05) is 19.7 Å². The van der Waals surface area contributed by atoms with Crippen molar-refractivity contribution in [1.29, 1.82) is 0 Å². The van der Waals surface area contributed by atoms with Gasteiger partial charge in [0.05, 0.1) is 18.7 Å². The van der Waals surface area contributed by atoms with Crippen LogP contribution in [-0.2, 0) is 4.79 Å². The first-order chi connectivity index (χ1) is 13.0. The van der Waals surface area contributed by atoms with Gasteiger partial charge in [-0.3, -0.25) is 9.59 Å². The Bertz CT molecular complexity index is 872. The van der Waals surface area contributed by atoms with Crippen LogP contribution in [0.1, 0.15) is 21.8 Å². The van der Waals surface area contributed by atoms with E-state index in [9.17, 15) is 19.1 Å². The minimum Gasteiger partial charge on any atom is -0.394 e. The van der Waals surface area contributed by atoms with Gasteiger partial charge < -0.3 is 14.9 Å². The van der Waals surface area contributed by atoms with Crippen LogP contribution < -0.4 is 0 Å². The molecule has 2 amide bonds. The van der Waals surface area contributed by atoms with Crippen molar-refractivity contribution in [3.63, 3.8) is 0 Å². The number of rotatable bonds is 3. The Morgan fingerprint density at radius 3 is 2.44 bits per heavy atom. The van der Waals surface area contributed by atoms with Gasteiger partial charge in [-0.25, -0.2) is 4.39 Å². The van der Waals surface area contributed by atoms with Gasteiger partial charge in [0, 0.05) is 22.5 Å². The van der Waals surface area contributed by atoms with Gasteiger partial charge >= 0.3 is 0 Å². The summed E-state index contributed by atoms with van der Waals surface area (Å²) in [4.78, 5) is 28.6. The lowest BCUT2D eigenvalue weighted by Crippen LogP contribution is -2.73.